The first-order valence-electron chi connectivity index (χ1n) is 4.76. The van der Waals surface area contributed by atoms with Crippen LogP contribution in [0.4, 0.5) is 14.9 Å². The molecule has 0 spiro atoms. The van der Waals surface area contributed by atoms with Crippen molar-refractivity contribution < 1.29 is 13.9 Å². The van der Waals surface area contributed by atoms with Crippen molar-refractivity contribution in [3.05, 3.63) is 29.6 Å². The Hall–Kier alpha value is -1.89. The van der Waals surface area contributed by atoms with Crippen molar-refractivity contribution in [2.45, 2.75) is 0 Å². The van der Waals surface area contributed by atoms with Gasteiger partial charge in [0.1, 0.15) is 17.4 Å². The first-order valence-corrected chi connectivity index (χ1v) is 5.17. The fourth-order valence-corrected chi connectivity index (χ4v) is 1.47. The number of anilines is 1. The minimum Gasteiger partial charge on any atom is -0.448 e. The normalized spacial score (nSPS) is 9.71. The van der Waals surface area contributed by atoms with Gasteiger partial charge in [0.05, 0.1) is 5.56 Å². The van der Waals surface area contributed by atoms with Crippen molar-refractivity contribution in [1.82, 2.24) is 0 Å². The summed E-state index contributed by atoms with van der Waals surface area (Å²) in [4.78, 5) is 10.3. The predicted molar refractivity (Wildman–Crippen MR) is 66.3 cm³/mol. The molecule has 0 fully saturated rings. The summed E-state index contributed by atoms with van der Waals surface area (Å²) in [5.74, 6) is -0.502. The third kappa shape index (κ3) is 3.87. The maximum absolute atomic E-state index is 13.4. The summed E-state index contributed by atoms with van der Waals surface area (Å²) in [5, 5.41) is 2.85. The lowest BCUT2D eigenvalue weighted by atomic mass is 10.1. The molecule has 5 nitrogen and oxygen atoms in total. The van der Waals surface area contributed by atoms with Crippen LogP contribution in [0, 0.1) is 5.82 Å². The second kappa shape index (κ2) is 6.00. The average Bonchev–Trinajstić information content (AvgIpc) is 2.23. The molecule has 0 heterocycles. The minimum atomic E-state index is -0.861. The van der Waals surface area contributed by atoms with E-state index in [-0.39, 0.29) is 23.7 Å². The van der Waals surface area contributed by atoms with Crippen molar-refractivity contribution in [1.29, 1.82) is 0 Å². The van der Waals surface area contributed by atoms with Crippen molar-refractivity contribution in [2.24, 2.45) is 11.5 Å². The monoisotopic (exact) mass is 257 g/mol. The molecule has 0 atom stereocenters. The Morgan fingerprint density at radius 2 is 2.18 bits per heavy atom. The number of ether oxygens (including phenoxy) is 1. The summed E-state index contributed by atoms with van der Waals surface area (Å²) in [6, 6.07) is 4.41. The maximum atomic E-state index is 13.4. The molecule has 1 aromatic rings. The highest BCUT2D eigenvalue weighted by Crippen LogP contribution is 2.18. The topological polar surface area (TPSA) is 90.4 Å². The second-order valence-electron chi connectivity index (χ2n) is 3.12. The van der Waals surface area contributed by atoms with Gasteiger partial charge in [-0.2, -0.15) is 0 Å². The van der Waals surface area contributed by atoms with Crippen LogP contribution < -0.4 is 16.8 Å². The van der Waals surface area contributed by atoms with Crippen LogP contribution in [0.15, 0.2) is 18.2 Å². The van der Waals surface area contributed by atoms with Crippen LogP contribution in [-0.2, 0) is 4.74 Å². The molecule has 1 aromatic carbocycles. The molecule has 0 aliphatic carbocycles. The number of amides is 1. The Bertz CT molecular complexity index is 440. The van der Waals surface area contributed by atoms with Crippen LogP contribution in [0.5, 0.6) is 0 Å². The largest absolute Gasteiger partial charge is 0.448 e. The van der Waals surface area contributed by atoms with E-state index in [2.05, 4.69) is 10.1 Å². The van der Waals surface area contributed by atoms with Crippen molar-refractivity contribution >= 4 is 29.0 Å². The van der Waals surface area contributed by atoms with Gasteiger partial charge in [-0.05, 0) is 12.1 Å². The average molecular weight is 257 g/mol. The molecule has 17 heavy (non-hydrogen) atoms. The highest BCUT2D eigenvalue weighted by molar-refractivity contribution is 7.80. The SMILES string of the molecule is NC(=O)OCCNc1cccc(F)c1C(N)=S. The van der Waals surface area contributed by atoms with Crippen LogP contribution in [0.1, 0.15) is 5.56 Å². The van der Waals surface area contributed by atoms with Gasteiger partial charge in [0.25, 0.3) is 0 Å². The lowest BCUT2D eigenvalue weighted by Crippen LogP contribution is -2.20. The zero-order valence-electron chi connectivity index (χ0n) is 8.90. The highest BCUT2D eigenvalue weighted by atomic mass is 32.1. The quantitative estimate of drug-likeness (QED) is 0.540. The summed E-state index contributed by atoms with van der Waals surface area (Å²) >= 11 is 4.75. The van der Waals surface area contributed by atoms with Crippen LogP contribution >= 0.6 is 12.2 Å². The van der Waals surface area contributed by atoms with Gasteiger partial charge in [-0.1, -0.05) is 18.3 Å². The number of benzene rings is 1. The first kappa shape index (κ1) is 13.2. The molecule has 0 bridgehead atoms. The van der Waals surface area contributed by atoms with Gasteiger partial charge in [-0.15, -0.1) is 0 Å². The second-order valence-corrected chi connectivity index (χ2v) is 3.56. The molecule has 0 aliphatic heterocycles. The number of primary amides is 1. The van der Waals surface area contributed by atoms with Gasteiger partial charge in [0.2, 0.25) is 0 Å². The molecule has 7 heteroatoms. The number of carbonyl (C=O) groups excluding carboxylic acids is 1. The molecule has 1 rings (SSSR count). The van der Waals surface area contributed by atoms with Crippen LogP contribution in [0.3, 0.4) is 0 Å². The number of hydrogen-bond acceptors (Lipinski definition) is 4. The van der Waals surface area contributed by atoms with Gasteiger partial charge in [-0.3, -0.25) is 0 Å². The molecule has 0 unspecified atom stereocenters. The van der Waals surface area contributed by atoms with Crippen molar-refractivity contribution in [3.63, 3.8) is 0 Å². The fraction of sp³-hybridized carbons (Fsp3) is 0.200. The summed E-state index contributed by atoms with van der Waals surface area (Å²) in [7, 11) is 0. The van der Waals surface area contributed by atoms with Crippen molar-refractivity contribution in [3.8, 4) is 0 Å². The third-order valence-corrected chi connectivity index (χ3v) is 2.13. The zero-order chi connectivity index (χ0) is 12.8. The Labute approximate surface area is 103 Å². The summed E-state index contributed by atoms with van der Waals surface area (Å²) in [6.07, 6.45) is -0.861. The lowest BCUT2D eigenvalue weighted by Gasteiger charge is -2.11. The smallest absolute Gasteiger partial charge is 0.404 e. The molecule has 92 valence electrons. The molecule has 1 amide bonds. The van der Waals surface area contributed by atoms with E-state index in [0.29, 0.717) is 5.69 Å². The fourth-order valence-electron chi connectivity index (χ4n) is 1.26. The van der Waals surface area contributed by atoms with E-state index in [1.807, 2.05) is 0 Å². The number of nitrogens with two attached hydrogens (primary N) is 2. The number of nitrogens with one attached hydrogen (secondary N) is 1. The lowest BCUT2D eigenvalue weighted by molar-refractivity contribution is 0.161. The molecular formula is C10H12FN3O2S. The van der Waals surface area contributed by atoms with Crippen molar-refractivity contribution in [2.75, 3.05) is 18.5 Å². The zero-order valence-corrected chi connectivity index (χ0v) is 9.72. The maximum Gasteiger partial charge on any atom is 0.404 e. The number of thiocarbonyl (C=S) groups is 1. The number of carbonyl (C=O) groups is 1. The van der Waals surface area contributed by atoms with E-state index in [1.165, 1.54) is 12.1 Å². The Morgan fingerprint density at radius 1 is 1.47 bits per heavy atom. The van der Waals surface area contributed by atoms with Gasteiger partial charge < -0.3 is 21.5 Å². The van der Waals surface area contributed by atoms with E-state index >= 15 is 0 Å². The number of hydrogen-bond donors (Lipinski definition) is 3. The van der Waals surface area contributed by atoms with E-state index in [9.17, 15) is 9.18 Å². The number of rotatable bonds is 5. The Morgan fingerprint density at radius 3 is 2.76 bits per heavy atom. The Kier molecular flexibility index (Phi) is 4.65. The van der Waals surface area contributed by atoms with Gasteiger partial charge in [-0.25, -0.2) is 9.18 Å². The van der Waals surface area contributed by atoms with Crippen LogP contribution in [0.2, 0.25) is 0 Å². The molecule has 0 saturated carbocycles. The van der Waals surface area contributed by atoms with E-state index in [0.717, 1.165) is 0 Å². The van der Waals surface area contributed by atoms with Gasteiger partial charge >= 0.3 is 6.09 Å². The highest BCUT2D eigenvalue weighted by Gasteiger charge is 2.10. The van der Waals surface area contributed by atoms with Gasteiger partial charge in [0, 0.05) is 12.2 Å². The van der Waals surface area contributed by atoms with E-state index in [4.69, 9.17) is 23.7 Å². The Balaban J connectivity index is 2.67. The minimum absolute atomic E-state index is 0.0404. The summed E-state index contributed by atoms with van der Waals surface area (Å²) in [6.45, 7) is 0.352. The molecule has 0 aliphatic rings. The van der Waals surface area contributed by atoms with Crippen LogP contribution in [-0.4, -0.2) is 24.2 Å². The number of halogens is 1. The molecular weight excluding hydrogens is 245 g/mol. The predicted octanol–water partition coefficient (Wildman–Crippen LogP) is 0.967. The standard InChI is InChI=1S/C10H12FN3O2S/c11-6-2-1-3-7(8(6)9(12)17)14-4-5-16-10(13)15/h1-3,14H,4-5H2,(H2,12,17)(H2,13,15). The molecule has 0 saturated heterocycles. The molecule has 5 N–H and O–H groups in total. The molecule has 0 aromatic heterocycles. The third-order valence-electron chi connectivity index (χ3n) is 1.92. The first-order chi connectivity index (χ1) is 8.02. The molecule has 0 radical (unpaired) electrons. The van der Waals surface area contributed by atoms with E-state index in [1.54, 1.807) is 6.07 Å². The van der Waals surface area contributed by atoms with Gasteiger partial charge in [0.15, 0.2) is 0 Å². The van der Waals surface area contributed by atoms with E-state index < -0.39 is 11.9 Å². The summed E-state index contributed by atoms with van der Waals surface area (Å²) < 4.78 is 17.9. The van der Waals surface area contributed by atoms with Crippen LogP contribution in [0.25, 0.3) is 0 Å². The summed E-state index contributed by atoms with van der Waals surface area (Å²) in [5.41, 5.74) is 10.8.